The summed E-state index contributed by atoms with van der Waals surface area (Å²) in [6, 6.07) is 8.79. The second-order valence-electron chi connectivity index (χ2n) is 6.75. The highest BCUT2D eigenvalue weighted by molar-refractivity contribution is 6.06. The molecule has 2 aromatic carbocycles. The van der Waals surface area contributed by atoms with E-state index in [1.807, 2.05) is 31.2 Å². The van der Waals surface area contributed by atoms with Gasteiger partial charge in [0.15, 0.2) is 11.6 Å². The Bertz CT molecular complexity index is 953. The normalized spacial score (nSPS) is 19.2. The molecule has 0 bridgehead atoms. The van der Waals surface area contributed by atoms with E-state index >= 15 is 0 Å². The lowest BCUT2D eigenvalue weighted by molar-refractivity contribution is 0.0956. The van der Waals surface area contributed by atoms with E-state index in [9.17, 15) is 19.8 Å². The van der Waals surface area contributed by atoms with Gasteiger partial charge in [0.25, 0.3) is 0 Å². The molecule has 2 aliphatic carbocycles. The number of Topliss-reactive ketones (excluding diaryl/α,β-unsaturated/α-hetero) is 2. The third-order valence-electron chi connectivity index (χ3n) is 5.19. The van der Waals surface area contributed by atoms with Crippen molar-refractivity contribution in [3.63, 3.8) is 0 Å². The summed E-state index contributed by atoms with van der Waals surface area (Å²) in [5.74, 6) is -0.478. The zero-order chi connectivity index (χ0) is 17.7. The van der Waals surface area contributed by atoms with Crippen molar-refractivity contribution in [2.24, 2.45) is 5.92 Å². The molecule has 0 aliphatic heterocycles. The fraction of sp³-hybridized carbons (Fsp3) is 0.238. The van der Waals surface area contributed by atoms with Gasteiger partial charge >= 0.3 is 0 Å². The maximum atomic E-state index is 12.6. The number of ketones is 2. The van der Waals surface area contributed by atoms with Crippen molar-refractivity contribution < 1.29 is 19.8 Å². The summed E-state index contributed by atoms with van der Waals surface area (Å²) < 4.78 is 0. The first-order valence-electron chi connectivity index (χ1n) is 8.39. The molecule has 1 unspecified atom stereocenters. The second-order valence-corrected chi connectivity index (χ2v) is 6.75. The summed E-state index contributed by atoms with van der Waals surface area (Å²) in [7, 11) is 0. The van der Waals surface area contributed by atoms with Crippen LogP contribution >= 0.6 is 0 Å². The summed E-state index contributed by atoms with van der Waals surface area (Å²) in [6.07, 6.45) is 3.46. The average Bonchev–Trinajstić information content (AvgIpc) is 3.10. The zero-order valence-electron chi connectivity index (χ0n) is 13.9. The summed E-state index contributed by atoms with van der Waals surface area (Å²) >= 11 is 0. The van der Waals surface area contributed by atoms with Crippen LogP contribution < -0.4 is 0 Å². The van der Waals surface area contributed by atoms with Crippen molar-refractivity contribution >= 4 is 17.1 Å². The molecular formula is C21H18O4. The average molecular weight is 334 g/mol. The molecule has 2 N–H and O–H groups in total. The lowest BCUT2D eigenvalue weighted by Gasteiger charge is -2.11. The molecule has 126 valence electrons. The van der Waals surface area contributed by atoms with E-state index in [0.29, 0.717) is 36.0 Å². The highest BCUT2D eigenvalue weighted by Gasteiger charge is 2.32. The zero-order valence-corrected chi connectivity index (χ0v) is 13.9. The molecule has 2 aromatic rings. The SMILES string of the molecule is C/C(=C/C1Cc2cccc(O)c2C1=O)c1ccc2c(c1O)C(=O)CC2. The highest BCUT2D eigenvalue weighted by Crippen LogP contribution is 2.38. The van der Waals surface area contributed by atoms with Gasteiger partial charge in [-0.25, -0.2) is 0 Å². The minimum absolute atomic E-state index is 0.0135. The number of phenolic OH excluding ortho intramolecular Hbond substituents is 2. The molecule has 0 aromatic heterocycles. The number of carbonyl (C=O) groups excluding carboxylic acids is 2. The number of hydrogen-bond acceptors (Lipinski definition) is 4. The van der Waals surface area contributed by atoms with Crippen molar-refractivity contribution in [2.75, 3.05) is 0 Å². The summed E-state index contributed by atoms with van der Waals surface area (Å²) in [5.41, 5.74) is 3.88. The summed E-state index contributed by atoms with van der Waals surface area (Å²) in [5, 5.41) is 20.5. The fourth-order valence-corrected chi connectivity index (χ4v) is 3.93. The van der Waals surface area contributed by atoms with Crippen LogP contribution in [0, 0.1) is 5.92 Å². The molecule has 0 fully saturated rings. The fourth-order valence-electron chi connectivity index (χ4n) is 3.93. The summed E-state index contributed by atoms with van der Waals surface area (Å²) in [6.45, 7) is 1.83. The number of rotatable bonds is 2. The first-order chi connectivity index (χ1) is 12.0. The Morgan fingerprint density at radius 1 is 1.04 bits per heavy atom. The minimum atomic E-state index is -0.369. The molecular weight excluding hydrogens is 316 g/mol. The van der Waals surface area contributed by atoms with Crippen LogP contribution in [0.25, 0.3) is 5.57 Å². The molecule has 2 aliphatic rings. The van der Waals surface area contributed by atoms with E-state index < -0.39 is 0 Å². The Morgan fingerprint density at radius 2 is 1.84 bits per heavy atom. The van der Waals surface area contributed by atoms with E-state index in [4.69, 9.17) is 0 Å². The Kier molecular flexibility index (Phi) is 3.49. The van der Waals surface area contributed by atoms with Crippen molar-refractivity contribution in [1.29, 1.82) is 0 Å². The van der Waals surface area contributed by atoms with Crippen molar-refractivity contribution in [3.8, 4) is 11.5 Å². The van der Waals surface area contributed by atoms with Gasteiger partial charge in [-0.1, -0.05) is 30.3 Å². The van der Waals surface area contributed by atoms with Crippen LogP contribution in [0.3, 0.4) is 0 Å². The lowest BCUT2D eigenvalue weighted by atomic mass is 9.95. The standard InChI is InChI=1S/C21H18O4/c1-11(15-7-5-12-6-8-17(23)18(12)21(15)25)9-14-10-13-3-2-4-16(22)19(13)20(14)24/h2-5,7,9,14,22,25H,6,8,10H2,1H3/b11-9-. The van der Waals surface area contributed by atoms with E-state index in [1.54, 1.807) is 6.07 Å². The van der Waals surface area contributed by atoms with Crippen LogP contribution in [0.4, 0.5) is 0 Å². The number of allylic oxidation sites excluding steroid dienone is 2. The van der Waals surface area contributed by atoms with Crippen molar-refractivity contribution in [1.82, 2.24) is 0 Å². The molecule has 0 saturated carbocycles. The smallest absolute Gasteiger partial charge is 0.174 e. The number of hydrogen-bond donors (Lipinski definition) is 2. The molecule has 0 radical (unpaired) electrons. The number of benzene rings is 2. The Morgan fingerprint density at radius 3 is 2.60 bits per heavy atom. The third kappa shape index (κ3) is 2.37. The maximum Gasteiger partial charge on any atom is 0.174 e. The largest absolute Gasteiger partial charge is 0.507 e. The third-order valence-corrected chi connectivity index (χ3v) is 5.19. The highest BCUT2D eigenvalue weighted by atomic mass is 16.3. The van der Waals surface area contributed by atoms with Crippen LogP contribution in [-0.4, -0.2) is 21.8 Å². The Hall–Kier alpha value is -2.88. The van der Waals surface area contributed by atoms with Gasteiger partial charge < -0.3 is 10.2 Å². The van der Waals surface area contributed by atoms with Crippen LogP contribution in [-0.2, 0) is 12.8 Å². The molecule has 1 atom stereocenters. The maximum absolute atomic E-state index is 12.6. The van der Waals surface area contributed by atoms with Gasteiger partial charge in [0.05, 0.1) is 11.1 Å². The first kappa shape index (κ1) is 15.6. The number of aryl methyl sites for hydroxylation is 1. The molecule has 0 heterocycles. The molecule has 4 heteroatoms. The van der Waals surface area contributed by atoms with E-state index in [-0.39, 0.29) is 29.0 Å². The van der Waals surface area contributed by atoms with E-state index in [0.717, 1.165) is 16.7 Å². The predicted octanol–water partition coefficient (Wildman–Crippen LogP) is 3.69. The molecule has 4 nitrogen and oxygen atoms in total. The number of fused-ring (bicyclic) bond motifs is 2. The van der Waals surface area contributed by atoms with Gasteiger partial charge in [-0.2, -0.15) is 0 Å². The number of phenols is 2. The quantitative estimate of drug-likeness (QED) is 0.878. The van der Waals surface area contributed by atoms with E-state index in [2.05, 4.69) is 0 Å². The Labute approximate surface area is 145 Å². The van der Waals surface area contributed by atoms with Gasteiger partial charge in [0.1, 0.15) is 11.5 Å². The molecule has 0 saturated heterocycles. The first-order valence-corrected chi connectivity index (χ1v) is 8.39. The van der Waals surface area contributed by atoms with Crippen LogP contribution in [0.15, 0.2) is 36.4 Å². The second kappa shape index (κ2) is 5.59. The van der Waals surface area contributed by atoms with Crippen LogP contribution in [0.1, 0.15) is 50.8 Å². The number of carbonyl (C=O) groups is 2. The van der Waals surface area contributed by atoms with Gasteiger partial charge in [0, 0.05) is 17.9 Å². The van der Waals surface area contributed by atoms with E-state index in [1.165, 1.54) is 6.07 Å². The van der Waals surface area contributed by atoms with Gasteiger partial charge in [-0.15, -0.1) is 0 Å². The molecule has 4 rings (SSSR count). The Balaban J connectivity index is 1.70. The van der Waals surface area contributed by atoms with Crippen molar-refractivity contribution in [3.05, 3.63) is 64.2 Å². The minimum Gasteiger partial charge on any atom is -0.507 e. The summed E-state index contributed by atoms with van der Waals surface area (Å²) in [4.78, 5) is 24.6. The van der Waals surface area contributed by atoms with Crippen LogP contribution in [0.2, 0.25) is 0 Å². The monoisotopic (exact) mass is 334 g/mol. The lowest BCUT2D eigenvalue weighted by Crippen LogP contribution is -2.06. The van der Waals surface area contributed by atoms with Gasteiger partial charge in [-0.05, 0) is 42.5 Å². The van der Waals surface area contributed by atoms with Crippen molar-refractivity contribution in [2.45, 2.75) is 26.2 Å². The predicted molar refractivity (Wildman–Crippen MR) is 94.0 cm³/mol. The molecule has 0 spiro atoms. The van der Waals surface area contributed by atoms with Crippen LogP contribution in [0.5, 0.6) is 11.5 Å². The topological polar surface area (TPSA) is 74.6 Å². The van der Waals surface area contributed by atoms with Gasteiger partial charge in [0.2, 0.25) is 0 Å². The van der Waals surface area contributed by atoms with Gasteiger partial charge in [-0.3, -0.25) is 9.59 Å². The molecule has 0 amide bonds. The molecule has 25 heavy (non-hydrogen) atoms. The number of aromatic hydroxyl groups is 2.